The first-order valence-electron chi connectivity index (χ1n) is 10.9. The largest absolute Gasteiger partial charge is 0.494 e. The molecule has 0 radical (unpaired) electrons. The van der Waals surface area contributed by atoms with Crippen LogP contribution in [0.1, 0.15) is 30.4 Å². The highest BCUT2D eigenvalue weighted by atomic mass is 35.5. The van der Waals surface area contributed by atoms with Crippen molar-refractivity contribution in [1.82, 2.24) is 14.9 Å². The molecule has 172 valence electrons. The Bertz CT molecular complexity index is 1310. The Hall–Kier alpha value is -3.42. The Kier molecular flexibility index (Phi) is 6.22. The highest BCUT2D eigenvalue weighted by Crippen LogP contribution is 2.42. The lowest BCUT2D eigenvalue weighted by molar-refractivity contribution is 0.340. The molecule has 3 heterocycles. The van der Waals surface area contributed by atoms with Crippen molar-refractivity contribution < 1.29 is 9.13 Å². The van der Waals surface area contributed by atoms with Crippen LogP contribution in [0, 0.1) is 5.82 Å². The number of thiocarbonyl (C=S) groups is 1. The van der Waals surface area contributed by atoms with Crippen molar-refractivity contribution in [3.63, 3.8) is 0 Å². The zero-order valence-electron chi connectivity index (χ0n) is 18.4. The predicted octanol–water partition coefficient (Wildman–Crippen LogP) is 6.24. The molecular weight excluding hydrogens is 471 g/mol. The second-order valence-corrected chi connectivity index (χ2v) is 8.62. The van der Waals surface area contributed by atoms with Crippen LogP contribution in [0.2, 0.25) is 5.02 Å². The van der Waals surface area contributed by atoms with E-state index in [9.17, 15) is 4.39 Å². The first kappa shape index (κ1) is 22.4. The molecular formula is C26H22ClFN4OS. The van der Waals surface area contributed by atoms with Crippen LogP contribution in [0.15, 0.2) is 85.2 Å². The summed E-state index contributed by atoms with van der Waals surface area (Å²) in [7, 11) is 0. The summed E-state index contributed by atoms with van der Waals surface area (Å²) in [6.45, 7) is 2.55. The lowest BCUT2D eigenvalue weighted by Crippen LogP contribution is -2.30. The number of aromatic nitrogens is 2. The Morgan fingerprint density at radius 2 is 1.85 bits per heavy atom. The molecule has 0 amide bonds. The maximum absolute atomic E-state index is 13.9. The highest BCUT2D eigenvalue weighted by molar-refractivity contribution is 7.80. The van der Waals surface area contributed by atoms with Gasteiger partial charge in [0.05, 0.1) is 23.4 Å². The minimum absolute atomic E-state index is 0.0712. The fourth-order valence-electron chi connectivity index (χ4n) is 4.31. The highest BCUT2D eigenvalue weighted by Gasteiger charge is 2.42. The van der Waals surface area contributed by atoms with E-state index in [0.29, 0.717) is 11.7 Å². The molecule has 5 nitrogen and oxygen atoms in total. The molecule has 1 N–H and O–H groups in total. The number of ether oxygens (including phenoxy) is 1. The minimum Gasteiger partial charge on any atom is -0.494 e. The predicted molar refractivity (Wildman–Crippen MR) is 136 cm³/mol. The summed E-state index contributed by atoms with van der Waals surface area (Å²) in [5.41, 5.74) is 3.51. The molecule has 1 aliphatic heterocycles. The van der Waals surface area contributed by atoms with Gasteiger partial charge in [0, 0.05) is 29.5 Å². The molecule has 0 bridgehead atoms. The Morgan fingerprint density at radius 1 is 1.06 bits per heavy atom. The molecule has 5 rings (SSSR count). The maximum atomic E-state index is 13.9. The van der Waals surface area contributed by atoms with Crippen LogP contribution in [0.3, 0.4) is 0 Å². The molecule has 8 heteroatoms. The van der Waals surface area contributed by atoms with Gasteiger partial charge in [0.2, 0.25) is 0 Å². The quantitative estimate of drug-likeness (QED) is 0.323. The Morgan fingerprint density at radius 3 is 2.56 bits per heavy atom. The van der Waals surface area contributed by atoms with Gasteiger partial charge in [-0.05, 0) is 85.9 Å². The van der Waals surface area contributed by atoms with Crippen LogP contribution in [0.5, 0.6) is 5.75 Å². The summed E-state index contributed by atoms with van der Waals surface area (Å²) in [4.78, 5) is 6.69. The van der Waals surface area contributed by atoms with Gasteiger partial charge in [-0.25, -0.2) is 4.39 Å². The molecule has 0 aliphatic carbocycles. The van der Waals surface area contributed by atoms with Crippen molar-refractivity contribution >= 4 is 34.6 Å². The Balaban J connectivity index is 1.63. The molecule has 2 atom stereocenters. The summed E-state index contributed by atoms with van der Waals surface area (Å²) in [6.07, 6.45) is 3.71. The van der Waals surface area contributed by atoms with Gasteiger partial charge in [-0.3, -0.25) is 4.98 Å². The van der Waals surface area contributed by atoms with Crippen LogP contribution in [0.25, 0.3) is 5.69 Å². The lowest BCUT2D eigenvalue weighted by Gasteiger charge is -2.29. The van der Waals surface area contributed by atoms with Crippen molar-refractivity contribution in [2.24, 2.45) is 0 Å². The summed E-state index contributed by atoms with van der Waals surface area (Å²) in [6, 6.07) is 22.0. The number of hydrogen-bond donors (Lipinski definition) is 1. The van der Waals surface area contributed by atoms with Gasteiger partial charge in [-0.1, -0.05) is 17.7 Å². The van der Waals surface area contributed by atoms with Crippen LogP contribution >= 0.6 is 23.8 Å². The molecule has 1 saturated heterocycles. The molecule has 2 aromatic heterocycles. The van der Waals surface area contributed by atoms with Gasteiger partial charge >= 0.3 is 0 Å². The van der Waals surface area contributed by atoms with Gasteiger partial charge in [-0.2, -0.15) is 0 Å². The van der Waals surface area contributed by atoms with Crippen molar-refractivity contribution in [3.8, 4) is 11.4 Å². The molecule has 34 heavy (non-hydrogen) atoms. The van der Waals surface area contributed by atoms with Crippen molar-refractivity contribution in [3.05, 3.63) is 107 Å². The average Bonchev–Trinajstić information content (AvgIpc) is 3.46. The third-order valence-electron chi connectivity index (χ3n) is 5.79. The second-order valence-electron chi connectivity index (χ2n) is 7.82. The van der Waals surface area contributed by atoms with Gasteiger partial charge in [-0.15, -0.1) is 0 Å². The number of rotatable bonds is 6. The van der Waals surface area contributed by atoms with Gasteiger partial charge < -0.3 is 19.5 Å². The van der Waals surface area contributed by atoms with Crippen LogP contribution in [-0.2, 0) is 0 Å². The molecule has 0 saturated carbocycles. The number of anilines is 1. The van der Waals surface area contributed by atoms with Crippen molar-refractivity contribution in [2.75, 3.05) is 11.5 Å². The van der Waals surface area contributed by atoms with E-state index in [-0.39, 0.29) is 17.1 Å². The number of benzene rings is 2. The van der Waals surface area contributed by atoms with Gasteiger partial charge in [0.25, 0.3) is 0 Å². The number of hydrogen-bond acceptors (Lipinski definition) is 3. The standard InChI is InChI=1S/C26H22ClFN4OS/c1-2-33-19-11-8-17(9-12-19)32-25(24(30-26(32)34)22-6-3-4-14-29-22)23-7-5-15-31(23)18-10-13-21(28)20(27)16-18/h3-16,24-25H,2H2,1H3,(H,30,34)/t24-,25+/m0/s1. The number of nitrogens with zero attached hydrogens (tertiary/aromatic N) is 3. The van der Waals surface area contributed by atoms with Crippen LogP contribution in [-0.4, -0.2) is 21.3 Å². The van der Waals surface area contributed by atoms with E-state index in [4.69, 9.17) is 28.6 Å². The van der Waals surface area contributed by atoms with Gasteiger partial charge in [0.15, 0.2) is 5.11 Å². The number of halogens is 2. The monoisotopic (exact) mass is 492 g/mol. The normalized spacial score (nSPS) is 17.6. The first-order valence-corrected chi connectivity index (χ1v) is 11.7. The van der Waals surface area contributed by atoms with Crippen molar-refractivity contribution in [2.45, 2.75) is 19.0 Å². The van der Waals surface area contributed by atoms with E-state index in [1.165, 1.54) is 6.07 Å². The average molecular weight is 493 g/mol. The zero-order valence-corrected chi connectivity index (χ0v) is 19.9. The number of pyridine rings is 1. The molecule has 4 aromatic rings. The fourth-order valence-corrected chi connectivity index (χ4v) is 4.83. The fraction of sp³-hybridized carbons (Fsp3) is 0.154. The SMILES string of the molecule is CCOc1ccc(N2C(=S)N[C@@H](c3ccccn3)[C@H]2c2cccn2-c2ccc(F)c(Cl)c2)cc1. The third kappa shape index (κ3) is 4.13. The van der Waals surface area contributed by atoms with Crippen LogP contribution in [0.4, 0.5) is 10.1 Å². The topological polar surface area (TPSA) is 42.3 Å². The minimum atomic E-state index is -0.454. The summed E-state index contributed by atoms with van der Waals surface area (Å²) in [5.74, 6) is 0.344. The molecule has 1 aliphatic rings. The molecule has 2 aromatic carbocycles. The van der Waals surface area contributed by atoms with Crippen LogP contribution < -0.4 is 15.0 Å². The number of nitrogens with one attached hydrogen (secondary N) is 1. The van der Waals surface area contributed by atoms with E-state index in [1.54, 1.807) is 18.3 Å². The molecule has 1 fully saturated rings. The van der Waals surface area contributed by atoms with Gasteiger partial charge in [0.1, 0.15) is 17.6 Å². The van der Waals surface area contributed by atoms with Crippen molar-refractivity contribution in [1.29, 1.82) is 0 Å². The smallest absolute Gasteiger partial charge is 0.174 e. The second kappa shape index (κ2) is 9.44. The first-order chi connectivity index (χ1) is 16.6. The lowest BCUT2D eigenvalue weighted by atomic mass is 10.0. The van der Waals surface area contributed by atoms with E-state index in [1.807, 2.05) is 72.3 Å². The summed E-state index contributed by atoms with van der Waals surface area (Å²) >= 11 is 11.9. The van der Waals surface area contributed by atoms with E-state index >= 15 is 0 Å². The molecule has 0 unspecified atom stereocenters. The van der Waals surface area contributed by atoms with E-state index in [2.05, 4.69) is 15.2 Å². The summed E-state index contributed by atoms with van der Waals surface area (Å²) < 4.78 is 21.5. The van der Waals surface area contributed by atoms with E-state index < -0.39 is 5.82 Å². The summed E-state index contributed by atoms with van der Waals surface area (Å²) in [5, 5.41) is 4.12. The third-order valence-corrected chi connectivity index (χ3v) is 6.39. The zero-order chi connectivity index (χ0) is 23.7. The van der Waals surface area contributed by atoms with E-state index in [0.717, 1.165) is 28.5 Å². The Labute approximate surface area is 207 Å². The molecule has 0 spiro atoms. The maximum Gasteiger partial charge on any atom is 0.174 e.